The maximum Gasteiger partial charge on any atom is 0.224 e. The van der Waals surface area contributed by atoms with Crippen LogP contribution in [0.2, 0.25) is 0 Å². The molecule has 0 fully saturated rings. The van der Waals surface area contributed by atoms with Gasteiger partial charge in [0.1, 0.15) is 23.2 Å². The summed E-state index contributed by atoms with van der Waals surface area (Å²) in [6.07, 6.45) is 0. The SMILES string of the molecule is CCNc1cc(Oc2ccc(F)c(Br)c2)nc(C)n1. The Balaban J connectivity index is 2.24. The Labute approximate surface area is 119 Å². The molecule has 1 heterocycles. The first-order chi connectivity index (χ1) is 9.08. The van der Waals surface area contributed by atoms with Gasteiger partial charge in [-0.25, -0.2) is 9.37 Å². The molecule has 0 saturated heterocycles. The molecule has 0 spiro atoms. The quantitative estimate of drug-likeness (QED) is 0.925. The molecule has 4 nitrogen and oxygen atoms in total. The third kappa shape index (κ3) is 3.64. The van der Waals surface area contributed by atoms with E-state index in [4.69, 9.17) is 4.74 Å². The minimum atomic E-state index is -0.334. The first-order valence-corrected chi connectivity index (χ1v) is 6.60. The van der Waals surface area contributed by atoms with E-state index in [0.717, 1.165) is 6.54 Å². The number of benzene rings is 1. The van der Waals surface area contributed by atoms with Gasteiger partial charge >= 0.3 is 0 Å². The van der Waals surface area contributed by atoms with Crippen molar-refractivity contribution in [1.29, 1.82) is 0 Å². The summed E-state index contributed by atoms with van der Waals surface area (Å²) in [6, 6.07) is 6.14. The minimum Gasteiger partial charge on any atom is -0.439 e. The van der Waals surface area contributed by atoms with Gasteiger partial charge in [0.15, 0.2) is 0 Å². The van der Waals surface area contributed by atoms with Crippen LogP contribution < -0.4 is 10.1 Å². The van der Waals surface area contributed by atoms with Gasteiger partial charge in [0.05, 0.1) is 4.47 Å². The summed E-state index contributed by atoms with van der Waals surface area (Å²) in [5, 5.41) is 3.09. The van der Waals surface area contributed by atoms with Crippen molar-refractivity contribution >= 4 is 21.7 Å². The van der Waals surface area contributed by atoms with Crippen LogP contribution in [-0.4, -0.2) is 16.5 Å². The summed E-state index contributed by atoms with van der Waals surface area (Å²) in [5.74, 6) is 1.90. The van der Waals surface area contributed by atoms with Crippen molar-refractivity contribution in [2.45, 2.75) is 13.8 Å². The number of nitrogens with zero attached hydrogens (tertiary/aromatic N) is 2. The zero-order valence-corrected chi connectivity index (χ0v) is 12.2. The number of nitrogens with one attached hydrogen (secondary N) is 1. The molecular weight excluding hydrogens is 313 g/mol. The Kier molecular flexibility index (Phi) is 4.31. The first kappa shape index (κ1) is 13.7. The van der Waals surface area contributed by atoms with E-state index < -0.39 is 0 Å². The number of halogens is 2. The summed E-state index contributed by atoms with van der Waals surface area (Å²) in [5.41, 5.74) is 0. The molecule has 2 rings (SSSR count). The molecule has 1 N–H and O–H groups in total. The lowest BCUT2D eigenvalue weighted by Gasteiger charge is -2.08. The van der Waals surface area contributed by atoms with Gasteiger partial charge in [-0.1, -0.05) is 0 Å². The molecule has 2 aromatic rings. The number of aromatic nitrogens is 2. The Bertz CT molecular complexity index is 592. The van der Waals surface area contributed by atoms with Crippen LogP contribution in [0.5, 0.6) is 11.6 Å². The first-order valence-electron chi connectivity index (χ1n) is 5.81. The number of aryl methyl sites for hydroxylation is 1. The van der Waals surface area contributed by atoms with E-state index in [-0.39, 0.29) is 5.82 Å². The second-order valence-electron chi connectivity index (χ2n) is 3.85. The van der Waals surface area contributed by atoms with Crippen molar-refractivity contribution in [1.82, 2.24) is 9.97 Å². The third-order valence-electron chi connectivity index (χ3n) is 2.29. The summed E-state index contributed by atoms with van der Waals surface area (Å²) < 4.78 is 19.1. The predicted molar refractivity (Wildman–Crippen MR) is 75.1 cm³/mol. The van der Waals surface area contributed by atoms with Crippen molar-refractivity contribution < 1.29 is 9.13 Å². The van der Waals surface area contributed by atoms with Crippen LogP contribution in [0.1, 0.15) is 12.7 Å². The molecule has 0 saturated carbocycles. The maximum absolute atomic E-state index is 13.1. The number of hydrogen-bond acceptors (Lipinski definition) is 4. The normalized spacial score (nSPS) is 10.3. The summed E-state index contributed by atoms with van der Waals surface area (Å²) >= 11 is 3.11. The van der Waals surface area contributed by atoms with Crippen molar-refractivity contribution in [3.05, 3.63) is 40.4 Å². The molecule has 0 radical (unpaired) electrons. The van der Waals surface area contributed by atoms with Crippen molar-refractivity contribution in [3.63, 3.8) is 0 Å². The lowest BCUT2D eigenvalue weighted by Crippen LogP contribution is -2.02. The van der Waals surface area contributed by atoms with Gasteiger partial charge in [-0.2, -0.15) is 4.98 Å². The Morgan fingerprint density at radius 3 is 2.79 bits per heavy atom. The monoisotopic (exact) mass is 325 g/mol. The highest BCUT2D eigenvalue weighted by atomic mass is 79.9. The number of anilines is 1. The average Bonchev–Trinajstić information content (AvgIpc) is 2.33. The van der Waals surface area contributed by atoms with Gasteiger partial charge in [0, 0.05) is 12.6 Å². The zero-order valence-electron chi connectivity index (χ0n) is 10.6. The highest BCUT2D eigenvalue weighted by Crippen LogP contribution is 2.26. The zero-order chi connectivity index (χ0) is 13.8. The van der Waals surface area contributed by atoms with Crippen LogP contribution in [0.3, 0.4) is 0 Å². The second kappa shape index (κ2) is 5.97. The average molecular weight is 326 g/mol. The largest absolute Gasteiger partial charge is 0.439 e. The fraction of sp³-hybridized carbons (Fsp3) is 0.231. The lowest BCUT2D eigenvalue weighted by molar-refractivity contribution is 0.458. The highest BCUT2D eigenvalue weighted by Gasteiger charge is 2.06. The molecule has 0 bridgehead atoms. The maximum atomic E-state index is 13.1. The van der Waals surface area contributed by atoms with E-state index in [1.54, 1.807) is 25.1 Å². The van der Waals surface area contributed by atoms with E-state index in [9.17, 15) is 4.39 Å². The molecule has 0 amide bonds. The fourth-order valence-corrected chi connectivity index (χ4v) is 1.88. The summed E-state index contributed by atoms with van der Waals surface area (Å²) in [4.78, 5) is 8.41. The van der Waals surface area contributed by atoms with Crippen molar-refractivity contribution in [3.8, 4) is 11.6 Å². The molecule has 100 valence electrons. The molecule has 6 heteroatoms. The lowest BCUT2D eigenvalue weighted by atomic mass is 10.3. The summed E-state index contributed by atoms with van der Waals surface area (Å²) in [7, 11) is 0. The number of ether oxygens (including phenoxy) is 1. The van der Waals surface area contributed by atoms with Crippen LogP contribution in [0.15, 0.2) is 28.7 Å². The molecule has 0 unspecified atom stereocenters. The highest BCUT2D eigenvalue weighted by molar-refractivity contribution is 9.10. The van der Waals surface area contributed by atoms with E-state index in [1.165, 1.54) is 6.07 Å². The molecule has 1 aromatic heterocycles. The van der Waals surface area contributed by atoms with Gasteiger partial charge in [0.2, 0.25) is 5.88 Å². The number of hydrogen-bond donors (Lipinski definition) is 1. The molecular formula is C13H13BrFN3O. The van der Waals surface area contributed by atoms with Gasteiger partial charge in [-0.05, 0) is 48.0 Å². The van der Waals surface area contributed by atoms with Crippen molar-refractivity contribution in [2.75, 3.05) is 11.9 Å². The standard InChI is InChI=1S/C13H13BrFN3O/c1-3-16-12-7-13(18-8(2)17-12)19-9-4-5-11(15)10(14)6-9/h4-7H,3H2,1-2H3,(H,16,17,18). The van der Waals surface area contributed by atoms with Gasteiger partial charge < -0.3 is 10.1 Å². The van der Waals surface area contributed by atoms with Crippen LogP contribution in [0.4, 0.5) is 10.2 Å². The minimum absolute atomic E-state index is 0.334. The predicted octanol–water partition coefficient (Wildman–Crippen LogP) is 3.91. The van der Waals surface area contributed by atoms with Gasteiger partial charge in [-0.15, -0.1) is 0 Å². The molecule has 0 atom stereocenters. The Hall–Kier alpha value is -1.69. The van der Waals surface area contributed by atoms with E-state index in [2.05, 4.69) is 31.2 Å². The Morgan fingerprint density at radius 2 is 2.11 bits per heavy atom. The Morgan fingerprint density at radius 1 is 1.32 bits per heavy atom. The fourth-order valence-electron chi connectivity index (χ4n) is 1.53. The summed E-state index contributed by atoms with van der Waals surface area (Å²) in [6.45, 7) is 4.53. The van der Waals surface area contributed by atoms with Gasteiger partial charge in [0.25, 0.3) is 0 Å². The van der Waals surface area contributed by atoms with E-state index in [0.29, 0.717) is 27.7 Å². The van der Waals surface area contributed by atoms with Gasteiger partial charge in [-0.3, -0.25) is 0 Å². The van der Waals surface area contributed by atoms with E-state index in [1.807, 2.05) is 6.92 Å². The van der Waals surface area contributed by atoms with Crippen LogP contribution in [0.25, 0.3) is 0 Å². The molecule has 0 aliphatic rings. The second-order valence-corrected chi connectivity index (χ2v) is 4.70. The molecule has 0 aliphatic carbocycles. The smallest absolute Gasteiger partial charge is 0.224 e. The van der Waals surface area contributed by atoms with E-state index >= 15 is 0 Å². The van der Waals surface area contributed by atoms with Crippen molar-refractivity contribution in [2.24, 2.45) is 0 Å². The molecule has 1 aromatic carbocycles. The molecule has 19 heavy (non-hydrogen) atoms. The van der Waals surface area contributed by atoms with Crippen LogP contribution in [0, 0.1) is 12.7 Å². The topological polar surface area (TPSA) is 47.0 Å². The number of rotatable bonds is 4. The molecule has 0 aliphatic heterocycles. The third-order valence-corrected chi connectivity index (χ3v) is 2.89. The van der Waals surface area contributed by atoms with Crippen LogP contribution in [-0.2, 0) is 0 Å². The van der Waals surface area contributed by atoms with Crippen LogP contribution >= 0.6 is 15.9 Å².